The molecule has 1 heterocycles. The average molecular weight is 456 g/mol. The fraction of sp³-hybridized carbons (Fsp3) is 0.545. The Balaban J connectivity index is 1.84. The van der Waals surface area contributed by atoms with E-state index in [4.69, 9.17) is 32.7 Å². The van der Waals surface area contributed by atoms with Crippen LogP contribution in [0.25, 0.3) is 0 Å². The molecule has 2 aliphatic rings. The number of hydrogen-bond donors (Lipinski definition) is 0. The molecule has 1 aliphatic heterocycles. The van der Waals surface area contributed by atoms with Gasteiger partial charge in [0.15, 0.2) is 5.79 Å². The van der Waals surface area contributed by atoms with Gasteiger partial charge in [-0.05, 0) is 12.0 Å². The van der Waals surface area contributed by atoms with Crippen molar-refractivity contribution in [2.75, 3.05) is 20.3 Å². The number of methoxy groups -OCH3 is 1. The van der Waals surface area contributed by atoms with E-state index in [1.165, 1.54) is 4.90 Å². The van der Waals surface area contributed by atoms with Crippen molar-refractivity contribution in [3.05, 3.63) is 47.7 Å². The summed E-state index contributed by atoms with van der Waals surface area (Å²) >= 11 is 12.2. The summed E-state index contributed by atoms with van der Waals surface area (Å²) in [5.41, 5.74) is 1.58. The zero-order chi connectivity index (χ0) is 22.0. The monoisotopic (exact) mass is 455 g/mol. The first-order valence-electron chi connectivity index (χ1n) is 9.88. The maximum Gasteiger partial charge on any atom is 0.352 e. The molecule has 1 aromatic rings. The van der Waals surface area contributed by atoms with Crippen molar-refractivity contribution >= 4 is 35.1 Å². The Hall–Kier alpha value is -1.60. The van der Waals surface area contributed by atoms with E-state index in [0.717, 1.165) is 18.4 Å². The van der Waals surface area contributed by atoms with Crippen LogP contribution in [0.3, 0.4) is 0 Å². The van der Waals surface area contributed by atoms with E-state index < -0.39 is 22.0 Å². The summed E-state index contributed by atoms with van der Waals surface area (Å²) < 4.78 is 14.4. The molecule has 1 saturated heterocycles. The zero-order valence-corrected chi connectivity index (χ0v) is 19.0. The van der Waals surface area contributed by atoms with Gasteiger partial charge in [-0.2, -0.15) is 0 Å². The van der Waals surface area contributed by atoms with Gasteiger partial charge in [0.05, 0.1) is 26.9 Å². The molecule has 164 valence electrons. The second kappa shape index (κ2) is 8.87. The standard InChI is InChI=1S/C22H27Cl2NO5/c1-20(2)14-29-21(30-15-20)11-9-17(10-12-21)25(13-16-7-5-4-6-8-16)18(26)22(23,24)19(27)28-3/h4-9H,10-15H2,1-3H3. The first-order chi connectivity index (χ1) is 14.1. The van der Waals surface area contributed by atoms with Gasteiger partial charge in [0.2, 0.25) is 0 Å². The van der Waals surface area contributed by atoms with Crippen LogP contribution >= 0.6 is 23.2 Å². The molecular weight excluding hydrogens is 429 g/mol. The van der Waals surface area contributed by atoms with Crippen LogP contribution in [0, 0.1) is 5.41 Å². The average Bonchev–Trinajstić information content (AvgIpc) is 2.75. The minimum atomic E-state index is -2.33. The number of hydrogen-bond acceptors (Lipinski definition) is 5. The fourth-order valence-corrected chi connectivity index (χ4v) is 3.85. The summed E-state index contributed by atoms with van der Waals surface area (Å²) in [6.45, 7) is 5.63. The van der Waals surface area contributed by atoms with E-state index in [1.54, 1.807) is 0 Å². The van der Waals surface area contributed by atoms with Crippen LogP contribution in [0.15, 0.2) is 42.1 Å². The number of carbonyl (C=O) groups excluding carboxylic acids is 2. The van der Waals surface area contributed by atoms with Gasteiger partial charge in [-0.3, -0.25) is 4.79 Å². The Bertz CT molecular complexity index is 812. The van der Waals surface area contributed by atoms with Crippen molar-refractivity contribution in [2.45, 2.75) is 49.8 Å². The number of amides is 1. The summed E-state index contributed by atoms with van der Waals surface area (Å²) in [4.78, 5) is 26.7. The molecule has 1 fully saturated rings. The van der Waals surface area contributed by atoms with E-state index >= 15 is 0 Å². The number of ether oxygens (including phenoxy) is 3. The van der Waals surface area contributed by atoms with Gasteiger partial charge < -0.3 is 19.1 Å². The highest BCUT2D eigenvalue weighted by atomic mass is 35.5. The van der Waals surface area contributed by atoms with Crippen molar-refractivity contribution < 1.29 is 23.8 Å². The third kappa shape index (κ3) is 4.99. The Morgan fingerprint density at radius 3 is 2.33 bits per heavy atom. The predicted octanol–water partition coefficient (Wildman–Crippen LogP) is 4.20. The first-order valence-corrected chi connectivity index (χ1v) is 10.6. The minimum Gasteiger partial charge on any atom is -0.466 e. The highest BCUT2D eigenvalue weighted by molar-refractivity contribution is 6.67. The van der Waals surface area contributed by atoms with E-state index in [1.807, 2.05) is 36.4 Å². The Morgan fingerprint density at radius 2 is 1.80 bits per heavy atom. The molecule has 0 N–H and O–H groups in total. The van der Waals surface area contributed by atoms with Gasteiger partial charge in [0.1, 0.15) is 0 Å². The molecule has 1 aromatic carbocycles. The van der Waals surface area contributed by atoms with E-state index in [9.17, 15) is 9.59 Å². The number of alkyl halides is 2. The molecule has 0 atom stereocenters. The van der Waals surface area contributed by atoms with Crippen molar-refractivity contribution in [1.82, 2.24) is 4.90 Å². The van der Waals surface area contributed by atoms with Crippen molar-refractivity contribution in [3.8, 4) is 0 Å². The lowest BCUT2D eigenvalue weighted by atomic mass is 9.91. The van der Waals surface area contributed by atoms with Crippen LogP contribution in [0.2, 0.25) is 0 Å². The van der Waals surface area contributed by atoms with Gasteiger partial charge >= 0.3 is 5.97 Å². The third-order valence-corrected chi connectivity index (χ3v) is 5.98. The van der Waals surface area contributed by atoms with Gasteiger partial charge in [0, 0.05) is 24.0 Å². The summed E-state index contributed by atoms with van der Waals surface area (Å²) in [5.74, 6) is -2.43. The second-order valence-corrected chi connectivity index (χ2v) is 9.82. The number of allylic oxidation sites excluding steroid dienone is 1. The molecule has 0 saturated carbocycles. The van der Waals surface area contributed by atoms with Crippen molar-refractivity contribution in [3.63, 3.8) is 0 Å². The smallest absolute Gasteiger partial charge is 0.352 e. The molecule has 1 spiro atoms. The summed E-state index contributed by atoms with van der Waals surface area (Å²) in [5, 5.41) is 0. The number of benzene rings is 1. The molecule has 1 amide bonds. The lowest BCUT2D eigenvalue weighted by molar-refractivity contribution is -0.301. The molecular formula is C22H27Cl2NO5. The maximum atomic E-state index is 13.2. The molecule has 0 aromatic heterocycles. The number of esters is 1. The third-order valence-electron chi connectivity index (χ3n) is 5.35. The van der Waals surface area contributed by atoms with Crippen LogP contribution in [-0.4, -0.2) is 47.2 Å². The minimum absolute atomic E-state index is 0.0259. The molecule has 0 unspecified atom stereocenters. The van der Waals surface area contributed by atoms with Gasteiger partial charge in [-0.25, -0.2) is 4.79 Å². The van der Waals surface area contributed by atoms with Crippen LogP contribution in [-0.2, 0) is 30.3 Å². The number of halogens is 2. The molecule has 6 nitrogen and oxygen atoms in total. The first kappa shape index (κ1) is 23.1. The molecule has 30 heavy (non-hydrogen) atoms. The predicted molar refractivity (Wildman–Crippen MR) is 114 cm³/mol. The van der Waals surface area contributed by atoms with Crippen LogP contribution in [0.1, 0.15) is 38.7 Å². The highest BCUT2D eigenvalue weighted by Gasteiger charge is 2.48. The molecule has 0 bridgehead atoms. The molecule has 1 aliphatic carbocycles. The van der Waals surface area contributed by atoms with Gasteiger partial charge in [-0.15, -0.1) is 0 Å². The quantitative estimate of drug-likeness (QED) is 0.378. The maximum absolute atomic E-state index is 13.2. The van der Waals surface area contributed by atoms with Crippen molar-refractivity contribution in [1.29, 1.82) is 0 Å². The summed E-state index contributed by atoms with van der Waals surface area (Å²) in [6.07, 6.45) is 3.50. The lowest BCUT2D eigenvalue weighted by Gasteiger charge is -2.45. The van der Waals surface area contributed by atoms with Crippen molar-refractivity contribution in [2.24, 2.45) is 5.41 Å². The van der Waals surface area contributed by atoms with Crippen LogP contribution in [0.4, 0.5) is 0 Å². The zero-order valence-electron chi connectivity index (χ0n) is 17.5. The van der Waals surface area contributed by atoms with E-state index in [-0.39, 0.29) is 12.0 Å². The second-order valence-electron chi connectivity index (χ2n) is 8.49. The number of carbonyl (C=O) groups is 2. The van der Waals surface area contributed by atoms with Gasteiger partial charge in [0.25, 0.3) is 10.2 Å². The molecule has 3 rings (SSSR count). The lowest BCUT2D eigenvalue weighted by Crippen LogP contribution is -2.50. The SMILES string of the molecule is COC(=O)C(Cl)(Cl)C(=O)N(Cc1ccccc1)C1=CCC2(CC1)OCC(C)(C)CO2. The van der Waals surface area contributed by atoms with Crippen LogP contribution < -0.4 is 0 Å². The topological polar surface area (TPSA) is 65.1 Å². The Labute approximate surface area is 187 Å². The molecule has 8 heteroatoms. The highest BCUT2D eigenvalue weighted by Crippen LogP contribution is 2.40. The number of rotatable bonds is 5. The van der Waals surface area contributed by atoms with E-state index in [2.05, 4.69) is 18.6 Å². The summed E-state index contributed by atoms with van der Waals surface area (Å²) in [7, 11) is 1.14. The fourth-order valence-electron chi connectivity index (χ4n) is 3.50. The Morgan fingerprint density at radius 1 is 1.17 bits per heavy atom. The Kier molecular flexibility index (Phi) is 6.82. The van der Waals surface area contributed by atoms with Gasteiger partial charge in [-0.1, -0.05) is 73.5 Å². The van der Waals surface area contributed by atoms with E-state index in [0.29, 0.717) is 32.5 Å². The largest absolute Gasteiger partial charge is 0.466 e. The number of nitrogens with zero attached hydrogens (tertiary/aromatic N) is 1. The molecule has 0 radical (unpaired) electrons. The van der Waals surface area contributed by atoms with Crippen LogP contribution in [0.5, 0.6) is 0 Å². The normalized spacial score (nSPS) is 20.4. The summed E-state index contributed by atoms with van der Waals surface area (Å²) in [6, 6.07) is 9.43.